The smallest absolute Gasteiger partial charge is 0.264 e. The molecule has 0 unspecified atom stereocenters. The predicted molar refractivity (Wildman–Crippen MR) is 160 cm³/mol. The Morgan fingerprint density at radius 2 is 1.80 bits per heavy atom. The Bertz CT molecular complexity index is 1470. The number of amidine groups is 1. The van der Waals surface area contributed by atoms with Gasteiger partial charge in [-0.15, -0.1) is 0 Å². The summed E-state index contributed by atoms with van der Waals surface area (Å²) in [5, 5.41) is 3.41. The number of carbonyl (C=O) groups excluding carboxylic acids is 2. The number of hydrogen-bond acceptors (Lipinski definition) is 6. The second kappa shape index (κ2) is 12.4. The number of amides is 2. The Balaban J connectivity index is 1.23. The number of benzene rings is 3. The fourth-order valence-corrected chi connectivity index (χ4v) is 5.51. The molecule has 0 aliphatic carbocycles. The Morgan fingerprint density at radius 1 is 1.02 bits per heavy atom. The summed E-state index contributed by atoms with van der Waals surface area (Å²) in [5.41, 5.74) is 5.56. The van der Waals surface area contributed by atoms with Gasteiger partial charge in [-0.1, -0.05) is 30.3 Å². The van der Waals surface area contributed by atoms with Gasteiger partial charge in [0, 0.05) is 18.7 Å². The summed E-state index contributed by atoms with van der Waals surface area (Å²) in [6.45, 7) is 6.07. The number of nitrogens with zero attached hydrogens (tertiary/aromatic N) is 2. The number of rotatable bonds is 7. The van der Waals surface area contributed by atoms with Crippen LogP contribution in [0.4, 0.5) is 5.69 Å². The van der Waals surface area contributed by atoms with E-state index in [9.17, 15) is 9.59 Å². The minimum Gasteiger partial charge on any atom is -0.493 e. The fraction of sp³-hybridized carbons (Fsp3) is 0.281. The van der Waals surface area contributed by atoms with Gasteiger partial charge in [0.05, 0.1) is 17.7 Å². The Labute approximate surface area is 239 Å². The minimum atomic E-state index is -0.185. The Morgan fingerprint density at radius 3 is 2.55 bits per heavy atom. The van der Waals surface area contributed by atoms with E-state index < -0.39 is 0 Å². The standard InChI is InChI=1S/C32H33N3O4S/c1-21-8-7-9-26(22(21)2)33-32-34-30(36)29(40-32)19-24-12-15-27(28(18-24)38-3)39-20-23-10-13-25(14-11-23)31(37)35-16-5-4-6-17-35/h7-15,18-19H,4-6,16-17,20H2,1-3H3,(H,33,34,36)/b29-19-. The van der Waals surface area contributed by atoms with Crippen LogP contribution >= 0.6 is 11.8 Å². The number of ether oxygens (including phenoxy) is 2. The van der Waals surface area contributed by atoms with Gasteiger partial charge in [0.2, 0.25) is 0 Å². The van der Waals surface area contributed by atoms with Crippen molar-refractivity contribution in [2.75, 3.05) is 20.2 Å². The molecule has 0 spiro atoms. The molecule has 1 N–H and O–H groups in total. The molecule has 2 heterocycles. The van der Waals surface area contributed by atoms with E-state index in [1.165, 1.54) is 18.2 Å². The van der Waals surface area contributed by atoms with Crippen LogP contribution in [0.25, 0.3) is 6.08 Å². The van der Waals surface area contributed by atoms with Gasteiger partial charge in [-0.2, -0.15) is 0 Å². The van der Waals surface area contributed by atoms with Crippen LogP contribution in [0.5, 0.6) is 11.5 Å². The van der Waals surface area contributed by atoms with E-state index in [1.54, 1.807) is 7.11 Å². The van der Waals surface area contributed by atoms with Crippen molar-refractivity contribution in [3.05, 3.63) is 93.4 Å². The number of aliphatic imine (C=N–C) groups is 1. The molecule has 2 fully saturated rings. The van der Waals surface area contributed by atoms with E-state index in [0.717, 1.165) is 53.9 Å². The molecule has 3 aromatic carbocycles. The van der Waals surface area contributed by atoms with Gasteiger partial charge in [0.15, 0.2) is 16.7 Å². The molecular formula is C32H33N3O4S. The highest BCUT2D eigenvalue weighted by Gasteiger charge is 2.24. The summed E-state index contributed by atoms with van der Waals surface area (Å²) in [6, 6.07) is 19.1. The lowest BCUT2D eigenvalue weighted by molar-refractivity contribution is -0.115. The van der Waals surface area contributed by atoms with Gasteiger partial charge < -0.3 is 19.7 Å². The van der Waals surface area contributed by atoms with E-state index in [2.05, 4.69) is 10.3 Å². The van der Waals surface area contributed by atoms with Crippen LogP contribution in [-0.2, 0) is 11.4 Å². The van der Waals surface area contributed by atoms with Crippen molar-refractivity contribution >= 4 is 40.5 Å². The number of likely N-dealkylation sites (tertiary alicyclic amines) is 1. The van der Waals surface area contributed by atoms with Crippen LogP contribution < -0.4 is 14.8 Å². The zero-order chi connectivity index (χ0) is 28.1. The quantitative estimate of drug-likeness (QED) is 0.341. The molecule has 0 aromatic heterocycles. The maximum atomic E-state index is 12.7. The molecule has 2 saturated heterocycles. The summed E-state index contributed by atoms with van der Waals surface area (Å²) < 4.78 is 11.6. The minimum absolute atomic E-state index is 0.0938. The Hall–Kier alpha value is -4.04. The average molecular weight is 556 g/mol. The lowest BCUT2D eigenvalue weighted by Crippen LogP contribution is -2.35. The molecule has 8 heteroatoms. The number of piperidine rings is 1. The Kier molecular flexibility index (Phi) is 8.55. The van der Waals surface area contributed by atoms with Crippen LogP contribution in [0.1, 0.15) is 51.9 Å². The summed E-state index contributed by atoms with van der Waals surface area (Å²) in [4.78, 5) is 32.5. The number of methoxy groups -OCH3 is 1. The third-order valence-electron chi connectivity index (χ3n) is 7.17. The second-order valence-electron chi connectivity index (χ2n) is 9.95. The molecule has 0 saturated carbocycles. The van der Waals surface area contributed by atoms with E-state index in [-0.39, 0.29) is 11.8 Å². The largest absolute Gasteiger partial charge is 0.493 e. The van der Waals surface area contributed by atoms with Crippen molar-refractivity contribution in [3.63, 3.8) is 0 Å². The molecule has 5 rings (SSSR count). The number of hydrogen-bond donors (Lipinski definition) is 1. The summed E-state index contributed by atoms with van der Waals surface area (Å²) in [6.07, 6.45) is 5.16. The molecule has 0 bridgehead atoms. The van der Waals surface area contributed by atoms with E-state index in [0.29, 0.717) is 33.7 Å². The lowest BCUT2D eigenvalue weighted by Gasteiger charge is -2.26. The van der Waals surface area contributed by atoms with Gasteiger partial charge in [-0.25, -0.2) is 4.99 Å². The number of nitrogens with one attached hydrogen (secondary N) is 1. The number of carbonyl (C=O) groups is 2. The van der Waals surface area contributed by atoms with Crippen molar-refractivity contribution in [2.45, 2.75) is 39.7 Å². The van der Waals surface area contributed by atoms with Crippen LogP contribution in [0.15, 0.2) is 70.6 Å². The van der Waals surface area contributed by atoms with Crippen molar-refractivity contribution in [1.82, 2.24) is 10.2 Å². The van der Waals surface area contributed by atoms with Crippen LogP contribution in [0.2, 0.25) is 0 Å². The molecule has 2 amide bonds. The molecule has 206 valence electrons. The van der Waals surface area contributed by atoms with E-state index in [4.69, 9.17) is 9.47 Å². The number of thioether (sulfide) groups is 1. The highest BCUT2D eigenvalue weighted by atomic mass is 32.2. The van der Waals surface area contributed by atoms with Crippen molar-refractivity contribution in [2.24, 2.45) is 4.99 Å². The molecule has 7 nitrogen and oxygen atoms in total. The molecule has 0 radical (unpaired) electrons. The van der Waals surface area contributed by atoms with Gasteiger partial charge in [-0.3, -0.25) is 9.59 Å². The van der Waals surface area contributed by atoms with Crippen LogP contribution in [0.3, 0.4) is 0 Å². The first-order chi connectivity index (χ1) is 19.4. The first-order valence-corrected chi connectivity index (χ1v) is 14.3. The first kappa shape index (κ1) is 27.5. The van der Waals surface area contributed by atoms with Crippen LogP contribution in [-0.4, -0.2) is 42.1 Å². The number of aryl methyl sites for hydroxylation is 1. The molecule has 40 heavy (non-hydrogen) atoms. The topological polar surface area (TPSA) is 80.2 Å². The third kappa shape index (κ3) is 6.39. The molecule has 3 aromatic rings. The average Bonchev–Trinajstić information content (AvgIpc) is 3.32. The monoisotopic (exact) mass is 555 g/mol. The predicted octanol–water partition coefficient (Wildman–Crippen LogP) is 6.41. The molecule has 2 aliphatic heterocycles. The van der Waals surface area contributed by atoms with Crippen molar-refractivity contribution in [1.29, 1.82) is 0 Å². The first-order valence-electron chi connectivity index (χ1n) is 13.5. The maximum absolute atomic E-state index is 12.7. The summed E-state index contributed by atoms with van der Waals surface area (Å²) in [5.74, 6) is 1.07. The summed E-state index contributed by atoms with van der Waals surface area (Å²) in [7, 11) is 1.59. The van der Waals surface area contributed by atoms with Gasteiger partial charge >= 0.3 is 0 Å². The molecular weight excluding hydrogens is 522 g/mol. The maximum Gasteiger partial charge on any atom is 0.264 e. The molecule has 0 atom stereocenters. The zero-order valence-electron chi connectivity index (χ0n) is 23.0. The zero-order valence-corrected chi connectivity index (χ0v) is 23.8. The normalized spacial score (nSPS) is 17.3. The summed E-state index contributed by atoms with van der Waals surface area (Å²) >= 11 is 1.31. The van der Waals surface area contributed by atoms with Crippen molar-refractivity contribution < 1.29 is 19.1 Å². The highest BCUT2D eigenvalue weighted by Crippen LogP contribution is 2.33. The SMILES string of the molecule is COc1cc(/C=C2\SC(=Nc3cccc(C)c3C)NC2=O)ccc1OCc1ccc(C(=O)N2CCCCC2)cc1. The third-order valence-corrected chi connectivity index (χ3v) is 8.08. The highest BCUT2D eigenvalue weighted by molar-refractivity contribution is 8.18. The van der Waals surface area contributed by atoms with Crippen molar-refractivity contribution in [3.8, 4) is 11.5 Å². The second-order valence-corrected chi connectivity index (χ2v) is 11.0. The van der Waals surface area contributed by atoms with E-state index >= 15 is 0 Å². The van der Waals surface area contributed by atoms with E-state index in [1.807, 2.05) is 85.5 Å². The lowest BCUT2D eigenvalue weighted by atomic mass is 10.1. The molecule has 2 aliphatic rings. The van der Waals surface area contributed by atoms with Gasteiger partial charge in [-0.05, 0) is 104 Å². The van der Waals surface area contributed by atoms with Crippen LogP contribution in [0, 0.1) is 13.8 Å². The fourth-order valence-electron chi connectivity index (χ4n) is 4.68. The van der Waals surface area contributed by atoms with Gasteiger partial charge in [0.1, 0.15) is 6.61 Å². The van der Waals surface area contributed by atoms with Gasteiger partial charge in [0.25, 0.3) is 11.8 Å².